The van der Waals surface area contributed by atoms with Gasteiger partial charge in [-0.25, -0.2) is 4.98 Å². The van der Waals surface area contributed by atoms with Gasteiger partial charge in [-0.3, -0.25) is 15.5 Å². The Bertz CT molecular complexity index is 1350. The summed E-state index contributed by atoms with van der Waals surface area (Å²) in [4.78, 5) is 9.37. The molecular formula is C27H31ClF3N7O. The molecule has 8 nitrogen and oxygen atoms in total. The van der Waals surface area contributed by atoms with E-state index in [9.17, 15) is 13.2 Å². The fourth-order valence-corrected chi connectivity index (χ4v) is 5.79. The predicted molar refractivity (Wildman–Crippen MR) is 145 cm³/mol. The van der Waals surface area contributed by atoms with Crippen molar-refractivity contribution >= 4 is 17.3 Å². The second-order valence-corrected chi connectivity index (χ2v) is 10.1. The number of aromatic nitrogens is 2. The van der Waals surface area contributed by atoms with Gasteiger partial charge in [0.1, 0.15) is 23.5 Å². The monoisotopic (exact) mass is 561 g/mol. The van der Waals surface area contributed by atoms with Crippen LogP contribution in [-0.2, 0) is 0 Å². The first-order chi connectivity index (χ1) is 18.6. The Morgan fingerprint density at radius 2 is 1.87 bits per heavy atom. The molecule has 3 unspecified atom stereocenters. The summed E-state index contributed by atoms with van der Waals surface area (Å²) in [7, 11) is 1.57. The predicted octanol–water partition coefficient (Wildman–Crippen LogP) is 4.12. The maximum Gasteiger partial charge on any atom is 0.401 e. The van der Waals surface area contributed by atoms with Gasteiger partial charge in [-0.1, -0.05) is 48.9 Å². The molecule has 0 amide bonds. The Morgan fingerprint density at radius 1 is 1.13 bits per heavy atom. The highest BCUT2D eigenvalue weighted by atomic mass is 35.5. The molecule has 2 aromatic carbocycles. The Labute approximate surface area is 230 Å². The molecule has 0 bridgehead atoms. The highest BCUT2D eigenvalue weighted by Crippen LogP contribution is 2.43. The summed E-state index contributed by atoms with van der Waals surface area (Å²) in [5.41, 5.74) is 17.5. The topological polar surface area (TPSA) is 88.8 Å². The van der Waals surface area contributed by atoms with Gasteiger partial charge in [0.15, 0.2) is 0 Å². The number of ether oxygens (including phenoxy) is 1. The molecule has 39 heavy (non-hydrogen) atoms. The van der Waals surface area contributed by atoms with E-state index in [1.807, 2.05) is 65.3 Å². The minimum atomic E-state index is -4.34. The zero-order valence-electron chi connectivity index (χ0n) is 21.6. The van der Waals surface area contributed by atoms with Crippen LogP contribution in [0.1, 0.15) is 18.4 Å². The zero-order chi connectivity index (χ0) is 27.9. The summed E-state index contributed by atoms with van der Waals surface area (Å²) in [6.07, 6.45) is -2.35. The van der Waals surface area contributed by atoms with Gasteiger partial charge in [0.25, 0.3) is 0 Å². The minimum absolute atomic E-state index is 0.0851. The molecule has 0 spiro atoms. The highest BCUT2D eigenvalue weighted by Gasteiger charge is 2.45. The molecule has 0 fully saturated rings. The number of nitrogens with zero attached hydrogens (tertiary/aromatic N) is 5. The van der Waals surface area contributed by atoms with E-state index in [0.717, 1.165) is 22.6 Å². The summed E-state index contributed by atoms with van der Waals surface area (Å²) in [6, 6.07) is 15.2. The van der Waals surface area contributed by atoms with Crippen molar-refractivity contribution in [1.82, 2.24) is 19.4 Å². The number of imidazole rings is 1. The summed E-state index contributed by atoms with van der Waals surface area (Å²) in [5, 5.41) is 0.345. The van der Waals surface area contributed by atoms with Gasteiger partial charge >= 0.3 is 6.18 Å². The lowest BCUT2D eigenvalue weighted by Gasteiger charge is -2.53. The molecule has 3 atom stereocenters. The first-order valence-corrected chi connectivity index (χ1v) is 13.0. The van der Waals surface area contributed by atoms with Gasteiger partial charge in [-0.2, -0.15) is 13.2 Å². The number of nitrogens with two attached hydrogens (primary N) is 2. The second-order valence-electron chi connectivity index (χ2n) is 9.68. The molecule has 5 rings (SSSR count). The standard InChI is InChI=1S/C27H31ClF3N7O/c1-3-37-25(32)20-13-35(15-27(29,30)31)12-19(17-7-5-4-6-8-17)24(20)38(26(37)33)18-9-10-21(22(11-18)39-2)36-14-23(28)34-16-36/h4-11,14,16,19,25-26H,3,12-13,15,32-33H2,1-2H3. The third-order valence-corrected chi connectivity index (χ3v) is 7.51. The molecule has 3 aromatic rings. The van der Waals surface area contributed by atoms with Crippen LogP contribution >= 0.6 is 11.6 Å². The van der Waals surface area contributed by atoms with Crippen LogP contribution < -0.4 is 21.1 Å². The van der Waals surface area contributed by atoms with Crippen molar-refractivity contribution in [2.45, 2.75) is 31.5 Å². The maximum atomic E-state index is 13.5. The van der Waals surface area contributed by atoms with E-state index in [1.165, 1.54) is 4.90 Å². The number of methoxy groups -OCH3 is 1. The molecule has 12 heteroatoms. The molecule has 0 radical (unpaired) electrons. The van der Waals surface area contributed by atoms with Crippen LogP contribution in [0.25, 0.3) is 5.69 Å². The Morgan fingerprint density at radius 3 is 2.49 bits per heavy atom. The van der Waals surface area contributed by atoms with E-state index >= 15 is 0 Å². The number of likely N-dealkylation sites (N-methyl/N-ethyl adjacent to an activating group) is 1. The van der Waals surface area contributed by atoms with Crippen LogP contribution in [-0.4, -0.2) is 71.3 Å². The van der Waals surface area contributed by atoms with Crippen molar-refractivity contribution in [1.29, 1.82) is 0 Å². The normalized spacial score (nSPS) is 22.8. The van der Waals surface area contributed by atoms with Crippen LogP contribution in [0.15, 0.2) is 72.3 Å². The molecular weight excluding hydrogens is 531 g/mol. The highest BCUT2D eigenvalue weighted by molar-refractivity contribution is 6.29. The number of hydrogen-bond acceptors (Lipinski definition) is 7. The lowest BCUT2D eigenvalue weighted by molar-refractivity contribution is -0.146. The van der Waals surface area contributed by atoms with E-state index in [2.05, 4.69) is 4.98 Å². The van der Waals surface area contributed by atoms with Crippen LogP contribution in [0.4, 0.5) is 18.9 Å². The van der Waals surface area contributed by atoms with Crippen LogP contribution in [0.5, 0.6) is 5.75 Å². The van der Waals surface area contributed by atoms with Crippen molar-refractivity contribution in [2.24, 2.45) is 11.5 Å². The maximum absolute atomic E-state index is 13.5. The summed E-state index contributed by atoms with van der Waals surface area (Å²) in [5.74, 6) is 0.172. The summed E-state index contributed by atoms with van der Waals surface area (Å²) < 4.78 is 48.1. The van der Waals surface area contributed by atoms with Crippen molar-refractivity contribution < 1.29 is 17.9 Å². The molecule has 1 aromatic heterocycles. The number of anilines is 1. The Hall–Kier alpha value is -3.09. The van der Waals surface area contributed by atoms with E-state index in [0.29, 0.717) is 23.0 Å². The van der Waals surface area contributed by atoms with Crippen molar-refractivity contribution in [3.63, 3.8) is 0 Å². The average Bonchev–Trinajstić information content (AvgIpc) is 3.34. The minimum Gasteiger partial charge on any atom is -0.494 e. The van der Waals surface area contributed by atoms with E-state index in [-0.39, 0.29) is 19.0 Å². The second kappa shape index (κ2) is 10.8. The molecule has 4 N–H and O–H groups in total. The van der Waals surface area contributed by atoms with Crippen molar-refractivity contribution in [2.75, 3.05) is 38.2 Å². The number of rotatable bonds is 6. The van der Waals surface area contributed by atoms with Gasteiger partial charge in [-0.05, 0) is 23.3 Å². The smallest absolute Gasteiger partial charge is 0.401 e. The zero-order valence-corrected chi connectivity index (χ0v) is 22.4. The van der Waals surface area contributed by atoms with E-state index in [4.69, 9.17) is 27.8 Å². The first-order valence-electron chi connectivity index (χ1n) is 12.6. The summed E-state index contributed by atoms with van der Waals surface area (Å²) >= 11 is 6.03. The third-order valence-electron chi connectivity index (χ3n) is 7.31. The molecule has 0 saturated carbocycles. The quantitative estimate of drug-likeness (QED) is 0.468. The number of alkyl halides is 3. The number of halogens is 4. The van der Waals surface area contributed by atoms with Gasteiger partial charge in [-0.15, -0.1) is 0 Å². The average molecular weight is 562 g/mol. The lowest BCUT2D eigenvalue weighted by Crippen LogP contribution is -2.67. The van der Waals surface area contributed by atoms with Crippen molar-refractivity contribution in [3.8, 4) is 11.4 Å². The summed E-state index contributed by atoms with van der Waals surface area (Å²) in [6.45, 7) is 1.68. The van der Waals surface area contributed by atoms with Gasteiger partial charge < -0.3 is 19.9 Å². The Kier molecular flexibility index (Phi) is 7.62. The molecule has 2 aliphatic rings. The molecule has 0 saturated heterocycles. The molecule has 3 heterocycles. The van der Waals surface area contributed by atoms with Crippen molar-refractivity contribution in [3.05, 3.63) is 83.0 Å². The van der Waals surface area contributed by atoms with E-state index in [1.54, 1.807) is 24.2 Å². The molecule has 2 aliphatic heterocycles. The van der Waals surface area contributed by atoms with Crippen LogP contribution in [0.2, 0.25) is 5.15 Å². The molecule has 208 valence electrons. The number of benzene rings is 2. The lowest BCUT2D eigenvalue weighted by atomic mass is 9.85. The van der Waals surface area contributed by atoms with Crippen LogP contribution in [0.3, 0.4) is 0 Å². The largest absolute Gasteiger partial charge is 0.494 e. The first kappa shape index (κ1) is 27.5. The SMILES string of the molecule is CCN1C(N)C2=C(C(c3ccccc3)CN(CC(F)(F)F)C2)N(c2ccc(-n3cnc(Cl)c3)c(OC)c2)C1N. The number of hydrogen-bond donors (Lipinski definition) is 2. The molecule has 0 aliphatic carbocycles. The fourth-order valence-electron chi connectivity index (χ4n) is 5.64. The van der Waals surface area contributed by atoms with Gasteiger partial charge in [0.05, 0.1) is 25.5 Å². The van der Waals surface area contributed by atoms with Crippen LogP contribution in [0, 0.1) is 0 Å². The fraction of sp³-hybridized carbons (Fsp3) is 0.370. The van der Waals surface area contributed by atoms with Gasteiger partial charge in [0, 0.05) is 49.2 Å². The third kappa shape index (κ3) is 5.37. The van der Waals surface area contributed by atoms with Gasteiger partial charge in [0.2, 0.25) is 0 Å². The Balaban J connectivity index is 1.67. The van der Waals surface area contributed by atoms with E-state index < -0.39 is 25.2 Å².